The van der Waals surface area contributed by atoms with Crippen LogP contribution in [-0.4, -0.2) is 31.5 Å². The van der Waals surface area contributed by atoms with Gasteiger partial charge in [-0.05, 0) is 80.6 Å². The summed E-state index contributed by atoms with van der Waals surface area (Å²) >= 11 is 0. The molecule has 0 aromatic heterocycles. The van der Waals surface area contributed by atoms with Crippen LogP contribution in [0.2, 0.25) is 0 Å². The number of rotatable bonds is 7. The minimum atomic E-state index is -0.201. The average molecular weight is 393 g/mol. The van der Waals surface area contributed by atoms with Crippen LogP contribution in [0.4, 0.5) is 17.1 Å². The van der Waals surface area contributed by atoms with E-state index < -0.39 is 0 Å². The Labute approximate surface area is 171 Å². The first-order chi connectivity index (χ1) is 14.1. The highest BCUT2D eigenvalue weighted by molar-refractivity contribution is 5.94. The molecule has 1 saturated heterocycles. The van der Waals surface area contributed by atoms with Crippen molar-refractivity contribution in [3.8, 4) is 5.75 Å². The summed E-state index contributed by atoms with van der Waals surface area (Å²) in [4.78, 5) is 26.4. The maximum Gasteiger partial charge on any atom is 0.262 e. The zero-order valence-corrected chi connectivity index (χ0v) is 16.7. The lowest BCUT2D eigenvalue weighted by Crippen LogP contribution is -2.21. The van der Waals surface area contributed by atoms with Crippen LogP contribution in [0.25, 0.3) is 0 Å². The van der Waals surface area contributed by atoms with E-state index in [-0.39, 0.29) is 24.3 Å². The van der Waals surface area contributed by atoms with Crippen molar-refractivity contribution in [1.82, 2.24) is 0 Å². The van der Waals surface area contributed by atoms with Gasteiger partial charge in [0.2, 0.25) is 5.91 Å². The van der Waals surface area contributed by atoms with E-state index in [2.05, 4.69) is 27.7 Å². The Bertz CT molecular complexity index is 885. The molecule has 2 aliphatic rings. The van der Waals surface area contributed by atoms with Crippen molar-refractivity contribution in [1.29, 1.82) is 0 Å². The van der Waals surface area contributed by atoms with Gasteiger partial charge in [-0.15, -0.1) is 0 Å². The molecule has 1 heterocycles. The molecule has 0 radical (unpaired) electrons. The van der Waals surface area contributed by atoms with Gasteiger partial charge in [-0.3, -0.25) is 9.59 Å². The van der Waals surface area contributed by atoms with E-state index in [9.17, 15) is 9.59 Å². The molecule has 4 rings (SSSR count). The fraction of sp³-hybridized carbons (Fsp3) is 0.391. The van der Waals surface area contributed by atoms with Crippen molar-refractivity contribution in [3.05, 3.63) is 48.0 Å². The summed E-state index contributed by atoms with van der Waals surface area (Å²) in [5, 5.41) is 5.80. The minimum absolute atomic E-state index is 0.0684. The van der Waals surface area contributed by atoms with E-state index in [1.54, 1.807) is 24.3 Å². The van der Waals surface area contributed by atoms with E-state index in [1.165, 1.54) is 18.5 Å². The second kappa shape index (κ2) is 8.55. The predicted molar refractivity (Wildman–Crippen MR) is 115 cm³/mol. The Morgan fingerprint density at radius 3 is 2.41 bits per heavy atom. The van der Waals surface area contributed by atoms with Gasteiger partial charge in [-0.1, -0.05) is 0 Å². The van der Waals surface area contributed by atoms with Gasteiger partial charge in [0.1, 0.15) is 5.75 Å². The summed E-state index contributed by atoms with van der Waals surface area (Å²) in [6, 6.07) is 13.2. The maximum absolute atomic E-state index is 12.3. The van der Waals surface area contributed by atoms with Crippen LogP contribution in [-0.2, 0) is 9.59 Å². The lowest BCUT2D eigenvalue weighted by atomic mass is 10.1. The molecule has 0 unspecified atom stereocenters. The second-order valence-electron chi connectivity index (χ2n) is 7.82. The molecule has 1 aliphatic carbocycles. The van der Waals surface area contributed by atoms with Gasteiger partial charge in [-0.25, -0.2) is 0 Å². The summed E-state index contributed by atoms with van der Waals surface area (Å²) < 4.78 is 5.57. The number of hydrogen-bond acceptors (Lipinski definition) is 4. The summed E-state index contributed by atoms with van der Waals surface area (Å²) in [5.74, 6) is 0.630. The molecule has 2 N–H and O–H groups in total. The third-order valence-electron chi connectivity index (χ3n) is 5.40. The summed E-state index contributed by atoms with van der Waals surface area (Å²) in [7, 11) is 0. The number of nitrogens with one attached hydrogen (secondary N) is 2. The van der Waals surface area contributed by atoms with Crippen LogP contribution in [0.15, 0.2) is 42.5 Å². The van der Waals surface area contributed by atoms with Crippen molar-refractivity contribution in [2.45, 2.75) is 32.6 Å². The summed E-state index contributed by atoms with van der Waals surface area (Å²) in [6.07, 6.45) is 4.43. The van der Waals surface area contributed by atoms with Gasteiger partial charge in [0.15, 0.2) is 6.61 Å². The molecule has 29 heavy (non-hydrogen) atoms. The van der Waals surface area contributed by atoms with Gasteiger partial charge in [-0.2, -0.15) is 0 Å². The van der Waals surface area contributed by atoms with Gasteiger partial charge in [0.25, 0.3) is 5.91 Å². The number of aryl methyl sites for hydroxylation is 1. The number of amides is 2. The highest BCUT2D eigenvalue weighted by atomic mass is 16.5. The van der Waals surface area contributed by atoms with Gasteiger partial charge in [0.05, 0.1) is 0 Å². The molecule has 1 saturated carbocycles. The molecule has 0 spiro atoms. The standard InChI is InChI=1S/C23H27N3O3/c1-16-14-19(26-12-2-3-13-26)8-11-21(16)25-22(27)15-29-20-9-6-18(7-10-20)24-23(28)17-4-5-17/h6-11,14,17H,2-5,12-13,15H2,1H3,(H,24,28)(H,25,27). The first-order valence-electron chi connectivity index (χ1n) is 10.3. The number of anilines is 3. The van der Waals surface area contributed by atoms with E-state index in [4.69, 9.17) is 4.74 Å². The monoisotopic (exact) mass is 393 g/mol. The van der Waals surface area contributed by atoms with E-state index >= 15 is 0 Å². The quantitative estimate of drug-likeness (QED) is 0.747. The molecule has 0 bridgehead atoms. The Morgan fingerprint density at radius 1 is 1.03 bits per heavy atom. The second-order valence-corrected chi connectivity index (χ2v) is 7.82. The first kappa shape index (κ1) is 19.3. The zero-order chi connectivity index (χ0) is 20.2. The van der Waals surface area contributed by atoms with Crippen molar-refractivity contribution in [2.24, 2.45) is 5.92 Å². The number of carbonyl (C=O) groups is 2. The Hall–Kier alpha value is -3.02. The van der Waals surface area contributed by atoms with Crippen LogP contribution in [0.1, 0.15) is 31.2 Å². The number of nitrogens with zero attached hydrogens (tertiary/aromatic N) is 1. The molecule has 2 fully saturated rings. The normalized spacial score (nSPS) is 15.8. The molecule has 1 aliphatic heterocycles. The molecule has 2 aromatic rings. The molecule has 6 nitrogen and oxygen atoms in total. The van der Waals surface area contributed by atoms with Crippen LogP contribution in [0.5, 0.6) is 5.75 Å². The fourth-order valence-corrected chi connectivity index (χ4v) is 3.52. The SMILES string of the molecule is Cc1cc(N2CCCC2)ccc1NC(=O)COc1ccc(NC(=O)C2CC2)cc1. The zero-order valence-electron chi connectivity index (χ0n) is 16.7. The fourth-order valence-electron chi connectivity index (χ4n) is 3.52. The Morgan fingerprint density at radius 2 is 1.76 bits per heavy atom. The van der Waals surface area contributed by atoms with Crippen LogP contribution < -0.4 is 20.3 Å². The number of ether oxygens (including phenoxy) is 1. The molecule has 0 atom stereocenters. The Balaban J connectivity index is 1.26. The minimum Gasteiger partial charge on any atom is -0.484 e. The first-order valence-corrected chi connectivity index (χ1v) is 10.3. The number of benzene rings is 2. The molecule has 6 heteroatoms. The lowest BCUT2D eigenvalue weighted by molar-refractivity contribution is -0.118. The highest BCUT2D eigenvalue weighted by Gasteiger charge is 2.29. The van der Waals surface area contributed by atoms with E-state index in [1.807, 2.05) is 13.0 Å². The van der Waals surface area contributed by atoms with Crippen molar-refractivity contribution in [2.75, 3.05) is 35.2 Å². The van der Waals surface area contributed by atoms with Gasteiger partial charge >= 0.3 is 0 Å². The Kier molecular flexibility index (Phi) is 5.69. The number of carbonyl (C=O) groups excluding carboxylic acids is 2. The third kappa shape index (κ3) is 5.08. The molecule has 2 aromatic carbocycles. The maximum atomic E-state index is 12.3. The largest absolute Gasteiger partial charge is 0.484 e. The van der Waals surface area contributed by atoms with E-state index in [0.29, 0.717) is 5.75 Å². The lowest BCUT2D eigenvalue weighted by Gasteiger charge is -2.19. The van der Waals surface area contributed by atoms with Gasteiger partial charge in [0, 0.05) is 36.1 Å². The predicted octanol–water partition coefficient (Wildman–Crippen LogP) is 3.96. The number of hydrogen-bond donors (Lipinski definition) is 2. The van der Waals surface area contributed by atoms with Crippen molar-refractivity contribution < 1.29 is 14.3 Å². The van der Waals surface area contributed by atoms with E-state index in [0.717, 1.165) is 42.9 Å². The molecular formula is C23H27N3O3. The van der Waals surface area contributed by atoms with Crippen LogP contribution in [0.3, 0.4) is 0 Å². The summed E-state index contributed by atoms with van der Waals surface area (Å²) in [6.45, 7) is 4.13. The highest BCUT2D eigenvalue weighted by Crippen LogP contribution is 2.30. The third-order valence-corrected chi connectivity index (χ3v) is 5.40. The molecule has 152 valence electrons. The summed E-state index contributed by atoms with van der Waals surface area (Å²) in [5.41, 5.74) is 3.80. The smallest absolute Gasteiger partial charge is 0.262 e. The topological polar surface area (TPSA) is 70.7 Å². The van der Waals surface area contributed by atoms with Crippen LogP contribution in [0, 0.1) is 12.8 Å². The average Bonchev–Trinajstić information content (AvgIpc) is 3.43. The van der Waals surface area contributed by atoms with Crippen molar-refractivity contribution in [3.63, 3.8) is 0 Å². The van der Waals surface area contributed by atoms with Crippen LogP contribution >= 0.6 is 0 Å². The molecular weight excluding hydrogens is 366 g/mol. The molecule has 2 amide bonds. The van der Waals surface area contributed by atoms with Gasteiger partial charge < -0.3 is 20.3 Å². The van der Waals surface area contributed by atoms with Crippen molar-refractivity contribution >= 4 is 28.9 Å².